The molecule has 0 unspecified atom stereocenters. The fraction of sp³-hybridized carbons (Fsp3) is 0.222. The molecule has 0 radical (unpaired) electrons. The van der Waals surface area contributed by atoms with E-state index in [1.807, 2.05) is 0 Å². The fourth-order valence-electron chi connectivity index (χ4n) is 1.20. The van der Waals surface area contributed by atoms with Gasteiger partial charge in [-0.25, -0.2) is 8.78 Å². The highest BCUT2D eigenvalue weighted by molar-refractivity contribution is 9.10. The SMILES string of the molecule is Cl.N[C@H](CC(=O)O)c1c(F)cc(Br)cc1F. The highest BCUT2D eigenvalue weighted by Gasteiger charge is 2.19. The first-order chi connectivity index (χ1) is 6.91. The lowest BCUT2D eigenvalue weighted by atomic mass is 10.0. The predicted molar refractivity (Wildman–Crippen MR) is 60.5 cm³/mol. The Kier molecular flexibility index (Phi) is 5.85. The van der Waals surface area contributed by atoms with E-state index in [1.165, 1.54) is 0 Å². The van der Waals surface area contributed by atoms with Crippen LogP contribution in [0.5, 0.6) is 0 Å². The summed E-state index contributed by atoms with van der Waals surface area (Å²) in [5.41, 5.74) is 4.97. The van der Waals surface area contributed by atoms with Crippen LogP contribution in [0.25, 0.3) is 0 Å². The smallest absolute Gasteiger partial charge is 0.305 e. The lowest BCUT2D eigenvalue weighted by molar-refractivity contribution is -0.137. The van der Waals surface area contributed by atoms with Gasteiger partial charge in [-0.1, -0.05) is 15.9 Å². The minimum absolute atomic E-state index is 0. The zero-order valence-corrected chi connectivity index (χ0v) is 10.3. The molecule has 0 bridgehead atoms. The number of hydrogen-bond acceptors (Lipinski definition) is 2. The van der Waals surface area contributed by atoms with E-state index in [2.05, 4.69) is 15.9 Å². The van der Waals surface area contributed by atoms with Crippen LogP contribution < -0.4 is 5.73 Å². The molecule has 0 spiro atoms. The summed E-state index contributed by atoms with van der Waals surface area (Å²) < 4.78 is 26.8. The molecule has 1 aromatic carbocycles. The molecule has 7 heteroatoms. The van der Waals surface area contributed by atoms with Crippen molar-refractivity contribution in [1.29, 1.82) is 0 Å². The minimum atomic E-state index is -1.20. The minimum Gasteiger partial charge on any atom is -0.481 e. The number of hydrogen-bond donors (Lipinski definition) is 2. The number of rotatable bonds is 3. The summed E-state index contributed by atoms with van der Waals surface area (Å²) in [6.07, 6.45) is -0.518. The number of benzene rings is 1. The molecule has 0 aliphatic heterocycles. The molecule has 1 atom stereocenters. The molecule has 16 heavy (non-hydrogen) atoms. The maximum Gasteiger partial charge on any atom is 0.305 e. The third kappa shape index (κ3) is 3.70. The Morgan fingerprint density at radius 2 is 1.88 bits per heavy atom. The van der Waals surface area contributed by atoms with Crippen molar-refractivity contribution in [2.75, 3.05) is 0 Å². The predicted octanol–water partition coefficient (Wildman–Crippen LogP) is 2.62. The van der Waals surface area contributed by atoms with Gasteiger partial charge in [0.25, 0.3) is 0 Å². The Balaban J connectivity index is 0.00000225. The third-order valence-corrected chi connectivity index (χ3v) is 2.27. The van der Waals surface area contributed by atoms with Crippen LogP contribution in [0.4, 0.5) is 8.78 Å². The average molecular weight is 317 g/mol. The van der Waals surface area contributed by atoms with Gasteiger partial charge in [0.1, 0.15) is 11.6 Å². The van der Waals surface area contributed by atoms with Crippen LogP contribution in [-0.2, 0) is 4.79 Å². The second-order valence-corrected chi connectivity index (χ2v) is 3.90. The maximum atomic E-state index is 13.3. The third-order valence-electron chi connectivity index (χ3n) is 1.81. The normalized spacial score (nSPS) is 11.8. The molecular formula is C9H9BrClF2NO2. The van der Waals surface area contributed by atoms with Crippen LogP contribution in [0.2, 0.25) is 0 Å². The quantitative estimate of drug-likeness (QED) is 0.901. The van der Waals surface area contributed by atoms with Gasteiger partial charge in [-0.3, -0.25) is 4.79 Å². The molecule has 0 amide bonds. The van der Waals surface area contributed by atoms with Crippen LogP contribution in [0.1, 0.15) is 18.0 Å². The van der Waals surface area contributed by atoms with Crippen molar-refractivity contribution in [3.63, 3.8) is 0 Å². The zero-order valence-electron chi connectivity index (χ0n) is 7.91. The van der Waals surface area contributed by atoms with Gasteiger partial charge in [-0.2, -0.15) is 0 Å². The summed E-state index contributed by atoms with van der Waals surface area (Å²) in [5.74, 6) is -2.91. The molecule has 3 N–H and O–H groups in total. The van der Waals surface area contributed by atoms with Crippen molar-refractivity contribution in [2.45, 2.75) is 12.5 Å². The molecule has 1 aromatic rings. The van der Waals surface area contributed by atoms with Crippen LogP contribution in [0, 0.1) is 11.6 Å². The molecule has 0 aliphatic rings. The highest BCUT2D eigenvalue weighted by Crippen LogP contribution is 2.25. The van der Waals surface area contributed by atoms with Crippen molar-refractivity contribution in [3.8, 4) is 0 Å². The van der Waals surface area contributed by atoms with Crippen molar-refractivity contribution < 1.29 is 18.7 Å². The van der Waals surface area contributed by atoms with Gasteiger partial charge >= 0.3 is 5.97 Å². The van der Waals surface area contributed by atoms with E-state index < -0.39 is 35.6 Å². The Morgan fingerprint density at radius 1 is 1.44 bits per heavy atom. The molecule has 0 fully saturated rings. The number of carboxylic acid groups (broad SMARTS) is 1. The van der Waals surface area contributed by atoms with Gasteiger partial charge in [-0.05, 0) is 12.1 Å². The van der Waals surface area contributed by atoms with Crippen molar-refractivity contribution >= 4 is 34.3 Å². The van der Waals surface area contributed by atoms with Crippen molar-refractivity contribution in [3.05, 3.63) is 33.8 Å². The second kappa shape index (κ2) is 6.12. The van der Waals surface area contributed by atoms with Gasteiger partial charge in [0.05, 0.1) is 6.42 Å². The van der Waals surface area contributed by atoms with Crippen molar-refractivity contribution in [1.82, 2.24) is 0 Å². The first-order valence-corrected chi connectivity index (χ1v) is 4.83. The molecule has 0 saturated carbocycles. The Morgan fingerprint density at radius 3 is 2.25 bits per heavy atom. The van der Waals surface area contributed by atoms with E-state index in [-0.39, 0.29) is 16.9 Å². The van der Waals surface area contributed by atoms with Crippen molar-refractivity contribution in [2.24, 2.45) is 5.73 Å². The maximum absolute atomic E-state index is 13.3. The van der Waals surface area contributed by atoms with E-state index in [9.17, 15) is 13.6 Å². The van der Waals surface area contributed by atoms with E-state index in [4.69, 9.17) is 10.8 Å². The van der Waals surface area contributed by atoms with Crippen LogP contribution in [0.15, 0.2) is 16.6 Å². The Bertz CT molecular complexity index is 380. The van der Waals surface area contributed by atoms with E-state index in [0.29, 0.717) is 0 Å². The lowest BCUT2D eigenvalue weighted by Crippen LogP contribution is -2.18. The largest absolute Gasteiger partial charge is 0.481 e. The first-order valence-electron chi connectivity index (χ1n) is 4.03. The molecule has 1 rings (SSSR count). The standard InChI is InChI=1S/C9H8BrF2NO2.ClH/c10-4-1-5(11)9(6(12)2-4)7(13)3-8(14)15;/h1-2,7H,3,13H2,(H,14,15);1H/t7-;/m1./s1. The second-order valence-electron chi connectivity index (χ2n) is 2.99. The molecule has 0 heterocycles. The number of halogens is 4. The lowest BCUT2D eigenvalue weighted by Gasteiger charge is -2.11. The first kappa shape index (κ1) is 15.3. The van der Waals surface area contributed by atoms with Gasteiger partial charge < -0.3 is 10.8 Å². The number of nitrogens with two attached hydrogens (primary N) is 1. The van der Waals surface area contributed by atoms with E-state index in [0.717, 1.165) is 12.1 Å². The number of aliphatic carboxylic acids is 1. The molecule has 0 aliphatic carbocycles. The van der Waals surface area contributed by atoms with Crippen LogP contribution in [-0.4, -0.2) is 11.1 Å². The fourth-order valence-corrected chi connectivity index (χ4v) is 1.60. The summed E-state index contributed by atoms with van der Waals surface area (Å²) in [4.78, 5) is 10.3. The molecule has 0 aromatic heterocycles. The highest BCUT2D eigenvalue weighted by atomic mass is 79.9. The Hall–Kier alpha value is -0.720. The van der Waals surface area contributed by atoms with E-state index in [1.54, 1.807) is 0 Å². The number of carboxylic acids is 1. The monoisotopic (exact) mass is 315 g/mol. The molecule has 3 nitrogen and oxygen atoms in total. The van der Waals surface area contributed by atoms with Gasteiger partial charge in [0.15, 0.2) is 0 Å². The Labute approximate surface area is 105 Å². The summed E-state index contributed by atoms with van der Waals surface area (Å²) in [5, 5.41) is 8.45. The summed E-state index contributed by atoms with van der Waals surface area (Å²) in [7, 11) is 0. The average Bonchev–Trinajstić information content (AvgIpc) is 1.99. The van der Waals surface area contributed by atoms with Crippen LogP contribution in [0.3, 0.4) is 0 Å². The van der Waals surface area contributed by atoms with Crippen LogP contribution >= 0.6 is 28.3 Å². The molecule has 90 valence electrons. The number of carbonyl (C=O) groups is 1. The van der Waals surface area contributed by atoms with Gasteiger partial charge in [0, 0.05) is 16.1 Å². The zero-order chi connectivity index (χ0) is 11.6. The van der Waals surface area contributed by atoms with Gasteiger partial charge in [0.2, 0.25) is 0 Å². The molecular weight excluding hydrogens is 307 g/mol. The summed E-state index contributed by atoms with van der Waals surface area (Å²) in [6.45, 7) is 0. The summed E-state index contributed by atoms with van der Waals surface area (Å²) >= 11 is 2.91. The van der Waals surface area contributed by atoms with Gasteiger partial charge in [-0.15, -0.1) is 12.4 Å². The molecule has 0 saturated heterocycles. The van der Waals surface area contributed by atoms with E-state index >= 15 is 0 Å². The topological polar surface area (TPSA) is 63.3 Å². The summed E-state index contributed by atoms with van der Waals surface area (Å²) in [6, 6.07) is 0.899.